The molecule has 3 nitrogen and oxygen atoms in total. The van der Waals surface area contributed by atoms with Gasteiger partial charge in [-0.2, -0.15) is 0 Å². The lowest BCUT2D eigenvalue weighted by atomic mass is 9.94. The molecule has 0 radical (unpaired) electrons. The Kier molecular flexibility index (Phi) is 8.61. The van der Waals surface area contributed by atoms with Gasteiger partial charge in [0, 0.05) is 12.5 Å². The van der Waals surface area contributed by atoms with E-state index in [2.05, 4.69) is 31.4 Å². The Morgan fingerprint density at radius 2 is 2.06 bits per heavy atom. The lowest BCUT2D eigenvalue weighted by Crippen LogP contribution is -2.48. The first-order valence-electron chi connectivity index (χ1n) is 6.67. The molecule has 0 aromatic rings. The van der Waals surface area contributed by atoms with E-state index in [1.165, 1.54) is 0 Å². The predicted molar refractivity (Wildman–Crippen MR) is 74.5 cm³/mol. The van der Waals surface area contributed by atoms with Gasteiger partial charge in [0.25, 0.3) is 0 Å². The molecule has 0 saturated carbocycles. The van der Waals surface area contributed by atoms with Gasteiger partial charge in [-0.05, 0) is 31.3 Å². The van der Waals surface area contributed by atoms with E-state index in [1.54, 1.807) is 0 Å². The first kappa shape index (κ1) is 16.7. The average Bonchev–Trinajstić information content (AvgIpc) is 2.29. The van der Waals surface area contributed by atoms with Crippen LogP contribution in [-0.2, 0) is 4.79 Å². The van der Waals surface area contributed by atoms with Crippen LogP contribution in [-0.4, -0.2) is 25.0 Å². The van der Waals surface area contributed by atoms with E-state index in [-0.39, 0.29) is 18.3 Å². The first-order valence-corrected chi connectivity index (χ1v) is 6.67. The number of hydrogen-bond donors (Lipinski definition) is 2. The first-order chi connectivity index (χ1) is 7.67. The second-order valence-electron chi connectivity index (χ2n) is 5.03. The van der Waals surface area contributed by atoms with Crippen LogP contribution < -0.4 is 10.6 Å². The van der Waals surface area contributed by atoms with E-state index in [0.717, 1.165) is 32.4 Å². The Hall–Kier alpha value is -0.280. The maximum Gasteiger partial charge on any atom is 0.220 e. The highest BCUT2D eigenvalue weighted by atomic mass is 35.5. The Bertz CT molecular complexity index is 219. The van der Waals surface area contributed by atoms with Crippen molar-refractivity contribution in [2.24, 2.45) is 11.8 Å². The standard InChI is InChI=1S/C13H26N2O.ClH/c1-4-11(5-2)8-13(16)15-12-6-7-14-9-10(12)3;/h10-12,14H,4-9H2,1-3H3,(H,15,16);1H. The van der Waals surface area contributed by atoms with E-state index in [1.807, 2.05) is 0 Å². The molecule has 1 aliphatic heterocycles. The molecule has 4 heteroatoms. The van der Waals surface area contributed by atoms with Crippen LogP contribution in [0, 0.1) is 11.8 Å². The maximum absolute atomic E-state index is 11.9. The van der Waals surface area contributed by atoms with Crippen LogP contribution in [0.2, 0.25) is 0 Å². The van der Waals surface area contributed by atoms with Crippen molar-refractivity contribution < 1.29 is 4.79 Å². The Balaban J connectivity index is 0.00000256. The Morgan fingerprint density at radius 3 is 2.59 bits per heavy atom. The van der Waals surface area contributed by atoms with E-state index in [9.17, 15) is 4.79 Å². The molecule has 1 saturated heterocycles. The monoisotopic (exact) mass is 262 g/mol. The van der Waals surface area contributed by atoms with Crippen LogP contribution in [0.3, 0.4) is 0 Å². The minimum absolute atomic E-state index is 0. The molecule has 0 aromatic carbocycles. The number of halogens is 1. The molecule has 0 bridgehead atoms. The fraction of sp³-hybridized carbons (Fsp3) is 0.923. The fourth-order valence-corrected chi connectivity index (χ4v) is 2.33. The number of carbonyl (C=O) groups excluding carboxylic acids is 1. The third-order valence-electron chi connectivity index (χ3n) is 3.76. The summed E-state index contributed by atoms with van der Waals surface area (Å²) in [6.07, 6.45) is 3.97. The number of rotatable bonds is 5. The van der Waals surface area contributed by atoms with E-state index in [4.69, 9.17) is 0 Å². The third kappa shape index (κ3) is 5.73. The minimum atomic E-state index is 0. The molecule has 0 spiro atoms. The SMILES string of the molecule is CCC(CC)CC(=O)NC1CCNCC1C.Cl. The summed E-state index contributed by atoms with van der Waals surface area (Å²) in [4.78, 5) is 11.9. The van der Waals surface area contributed by atoms with Crippen LogP contribution in [0.4, 0.5) is 0 Å². The topological polar surface area (TPSA) is 41.1 Å². The quantitative estimate of drug-likeness (QED) is 0.799. The number of hydrogen-bond acceptors (Lipinski definition) is 2. The summed E-state index contributed by atoms with van der Waals surface area (Å²) < 4.78 is 0. The Labute approximate surface area is 112 Å². The molecule has 2 N–H and O–H groups in total. The zero-order chi connectivity index (χ0) is 12.0. The van der Waals surface area contributed by atoms with E-state index < -0.39 is 0 Å². The van der Waals surface area contributed by atoms with Gasteiger partial charge in [-0.1, -0.05) is 33.6 Å². The molecular weight excluding hydrogens is 236 g/mol. The van der Waals surface area contributed by atoms with Gasteiger partial charge in [0.1, 0.15) is 0 Å². The smallest absolute Gasteiger partial charge is 0.220 e. The number of carbonyl (C=O) groups is 1. The summed E-state index contributed by atoms with van der Waals surface area (Å²) in [7, 11) is 0. The van der Waals surface area contributed by atoms with Crippen molar-refractivity contribution in [2.45, 2.75) is 52.5 Å². The highest BCUT2D eigenvalue weighted by Crippen LogP contribution is 2.14. The summed E-state index contributed by atoms with van der Waals surface area (Å²) in [6, 6.07) is 0.378. The van der Waals surface area contributed by atoms with Gasteiger partial charge in [-0.15, -0.1) is 12.4 Å². The summed E-state index contributed by atoms with van der Waals surface area (Å²) in [5.41, 5.74) is 0. The summed E-state index contributed by atoms with van der Waals surface area (Å²) in [5, 5.41) is 6.54. The summed E-state index contributed by atoms with van der Waals surface area (Å²) in [6.45, 7) is 8.58. The number of piperidine rings is 1. The van der Waals surface area contributed by atoms with Crippen molar-refractivity contribution in [1.29, 1.82) is 0 Å². The number of nitrogens with one attached hydrogen (secondary N) is 2. The average molecular weight is 263 g/mol. The maximum atomic E-state index is 11.9. The fourth-order valence-electron chi connectivity index (χ4n) is 2.33. The third-order valence-corrected chi connectivity index (χ3v) is 3.76. The molecule has 2 unspecified atom stereocenters. The second-order valence-corrected chi connectivity index (χ2v) is 5.03. The van der Waals surface area contributed by atoms with Gasteiger partial charge >= 0.3 is 0 Å². The van der Waals surface area contributed by atoms with E-state index >= 15 is 0 Å². The molecule has 17 heavy (non-hydrogen) atoms. The molecule has 1 amide bonds. The van der Waals surface area contributed by atoms with E-state index in [0.29, 0.717) is 24.3 Å². The predicted octanol–water partition coefficient (Wildman–Crippen LogP) is 2.35. The lowest BCUT2D eigenvalue weighted by Gasteiger charge is -2.30. The molecular formula is C13H27ClN2O. The van der Waals surface area contributed by atoms with Gasteiger partial charge in [-0.25, -0.2) is 0 Å². The van der Waals surface area contributed by atoms with Crippen molar-refractivity contribution in [1.82, 2.24) is 10.6 Å². The highest BCUT2D eigenvalue weighted by Gasteiger charge is 2.23. The molecule has 1 heterocycles. The Morgan fingerprint density at radius 1 is 1.41 bits per heavy atom. The van der Waals surface area contributed by atoms with Gasteiger partial charge in [0.05, 0.1) is 0 Å². The van der Waals surface area contributed by atoms with Crippen LogP contribution in [0.15, 0.2) is 0 Å². The zero-order valence-corrected chi connectivity index (χ0v) is 12.1. The zero-order valence-electron chi connectivity index (χ0n) is 11.3. The van der Waals surface area contributed by atoms with Crippen LogP contribution >= 0.6 is 12.4 Å². The van der Waals surface area contributed by atoms with Crippen molar-refractivity contribution in [3.8, 4) is 0 Å². The molecule has 0 aliphatic carbocycles. The van der Waals surface area contributed by atoms with Crippen LogP contribution in [0.5, 0.6) is 0 Å². The summed E-state index contributed by atoms with van der Waals surface area (Å²) in [5.74, 6) is 1.35. The van der Waals surface area contributed by atoms with Crippen molar-refractivity contribution in [2.75, 3.05) is 13.1 Å². The van der Waals surface area contributed by atoms with Crippen LogP contribution in [0.25, 0.3) is 0 Å². The molecule has 1 rings (SSSR count). The van der Waals surface area contributed by atoms with Crippen molar-refractivity contribution >= 4 is 18.3 Å². The summed E-state index contributed by atoms with van der Waals surface area (Å²) >= 11 is 0. The normalized spacial score (nSPS) is 24.2. The molecule has 0 aromatic heterocycles. The van der Waals surface area contributed by atoms with Gasteiger partial charge < -0.3 is 10.6 Å². The molecule has 102 valence electrons. The second kappa shape index (κ2) is 8.76. The molecule has 2 atom stereocenters. The molecule has 1 fully saturated rings. The van der Waals surface area contributed by atoms with Gasteiger partial charge in [0.2, 0.25) is 5.91 Å². The molecule has 1 aliphatic rings. The van der Waals surface area contributed by atoms with Crippen molar-refractivity contribution in [3.63, 3.8) is 0 Å². The number of amides is 1. The highest BCUT2D eigenvalue weighted by molar-refractivity contribution is 5.85. The largest absolute Gasteiger partial charge is 0.353 e. The van der Waals surface area contributed by atoms with Gasteiger partial charge in [0.15, 0.2) is 0 Å². The lowest BCUT2D eigenvalue weighted by molar-refractivity contribution is -0.123. The van der Waals surface area contributed by atoms with Crippen molar-refractivity contribution in [3.05, 3.63) is 0 Å². The van der Waals surface area contributed by atoms with Gasteiger partial charge in [-0.3, -0.25) is 4.79 Å². The van der Waals surface area contributed by atoms with Crippen LogP contribution in [0.1, 0.15) is 46.5 Å². The minimum Gasteiger partial charge on any atom is -0.353 e.